The van der Waals surface area contributed by atoms with E-state index in [0.29, 0.717) is 18.5 Å². The van der Waals surface area contributed by atoms with Crippen LogP contribution in [-0.4, -0.2) is 40.1 Å². The summed E-state index contributed by atoms with van der Waals surface area (Å²) in [6.45, 7) is 1.79. The van der Waals surface area contributed by atoms with Crippen LogP contribution in [0.5, 0.6) is 0 Å². The first kappa shape index (κ1) is 23.0. The van der Waals surface area contributed by atoms with E-state index in [1.807, 2.05) is 24.3 Å². The van der Waals surface area contributed by atoms with E-state index in [0.717, 1.165) is 40.2 Å². The van der Waals surface area contributed by atoms with Gasteiger partial charge in [-0.25, -0.2) is 9.59 Å². The van der Waals surface area contributed by atoms with Gasteiger partial charge in [0.15, 0.2) is 0 Å². The van der Waals surface area contributed by atoms with Crippen molar-refractivity contribution in [2.45, 2.75) is 38.1 Å². The van der Waals surface area contributed by atoms with E-state index in [4.69, 9.17) is 4.74 Å². The average Bonchev–Trinajstić information content (AvgIpc) is 3.53. The van der Waals surface area contributed by atoms with Crippen molar-refractivity contribution in [3.63, 3.8) is 0 Å². The number of benzene rings is 2. The number of carbonyl (C=O) groups is 3. The molecule has 2 aliphatic carbocycles. The monoisotopic (exact) mass is 491 g/mol. The van der Waals surface area contributed by atoms with Gasteiger partial charge in [0.05, 0.1) is 11.6 Å². The molecule has 0 bridgehead atoms. The molecule has 2 atom stereocenters. The molecule has 3 aromatic rings. The molecular weight excluding hydrogens is 466 g/mol. The minimum Gasteiger partial charge on any atom is -0.478 e. The number of aryl methyl sites for hydroxylation is 1. The number of hydrogen-bond acceptors (Lipinski definition) is 6. The summed E-state index contributed by atoms with van der Waals surface area (Å²) in [4.78, 5) is 37.1. The van der Waals surface area contributed by atoms with Crippen LogP contribution in [0.2, 0.25) is 0 Å². The lowest BCUT2D eigenvalue weighted by Crippen LogP contribution is -2.42. The zero-order valence-corrected chi connectivity index (χ0v) is 19.9. The predicted molar refractivity (Wildman–Crippen MR) is 132 cm³/mol. The van der Waals surface area contributed by atoms with E-state index in [2.05, 4.69) is 39.3 Å². The number of fused-ring (bicyclic) bond motifs is 3. The van der Waals surface area contributed by atoms with Gasteiger partial charge in [-0.3, -0.25) is 4.79 Å². The van der Waals surface area contributed by atoms with Crippen LogP contribution in [0.3, 0.4) is 0 Å². The Morgan fingerprint density at radius 2 is 1.71 bits per heavy atom. The zero-order valence-electron chi connectivity index (χ0n) is 19.1. The highest BCUT2D eigenvalue weighted by molar-refractivity contribution is 7.11. The van der Waals surface area contributed by atoms with Gasteiger partial charge < -0.3 is 20.5 Å². The Hall–Kier alpha value is -3.72. The Kier molecular flexibility index (Phi) is 6.25. The number of aromatic carboxylic acids is 1. The Bertz CT molecular complexity index is 1260. The van der Waals surface area contributed by atoms with Crippen molar-refractivity contribution in [1.29, 1.82) is 0 Å². The van der Waals surface area contributed by atoms with E-state index in [1.165, 1.54) is 0 Å². The van der Waals surface area contributed by atoms with Gasteiger partial charge in [-0.1, -0.05) is 55.0 Å². The predicted octanol–water partition coefficient (Wildman–Crippen LogP) is 4.80. The summed E-state index contributed by atoms with van der Waals surface area (Å²) in [6.07, 6.45) is 1.46. The highest BCUT2D eigenvalue weighted by atomic mass is 32.1. The fraction of sp³-hybridized carbons (Fsp3) is 0.308. The second-order valence-corrected chi connectivity index (χ2v) is 9.65. The summed E-state index contributed by atoms with van der Waals surface area (Å²) in [7, 11) is 0. The third-order valence-corrected chi connectivity index (χ3v) is 7.67. The number of carbonyl (C=O) groups excluding carboxylic acids is 2. The standard InChI is InChI=1S/C26H25N3O5S/c1-14-22(25(31)32)24(35-29-14)28-23(30)19-11-6-12-21(19)27-26(33)34-13-20-17-9-4-2-7-15(17)16-8-3-5-10-18(16)20/h2-5,7-10,19-21H,6,11-13H2,1H3,(H,27,33)(H,28,30)(H,31,32)/t19-,21+/m0/s1. The van der Waals surface area contributed by atoms with E-state index in [1.54, 1.807) is 6.92 Å². The fourth-order valence-electron chi connectivity index (χ4n) is 5.15. The summed E-state index contributed by atoms with van der Waals surface area (Å²) in [6, 6.07) is 15.9. The van der Waals surface area contributed by atoms with Crippen molar-refractivity contribution < 1.29 is 24.2 Å². The van der Waals surface area contributed by atoms with Crippen LogP contribution in [0.25, 0.3) is 11.1 Å². The van der Waals surface area contributed by atoms with Crippen molar-refractivity contribution in [3.05, 3.63) is 70.9 Å². The quantitative estimate of drug-likeness (QED) is 0.456. The smallest absolute Gasteiger partial charge is 0.407 e. The molecule has 3 N–H and O–H groups in total. The van der Waals surface area contributed by atoms with Gasteiger partial charge in [0.2, 0.25) is 5.91 Å². The number of aromatic nitrogens is 1. The van der Waals surface area contributed by atoms with Crippen LogP contribution in [0.15, 0.2) is 48.5 Å². The molecule has 2 aliphatic rings. The minimum absolute atomic E-state index is 0.00221. The molecule has 1 aromatic heterocycles. The second kappa shape index (κ2) is 9.50. The molecule has 1 fully saturated rings. The molecule has 0 aliphatic heterocycles. The molecule has 5 rings (SSSR count). The van der Waals surface area contributed by atoms with E-state index in [-0.39, 0.29) is 35.0 Å². The van der Waals surface area contributed by atoms with E-state index < -0.39 is 18.0 Å². The summed E-state index contributed by atoms with van der Waals surface area (Å²) >= 11 is 0.943. The molecular formula is C26H25N3O5S. The van der Waals surface area contributed by atoms with Crippen LogP contribution in [0.4, 0.5) is 9.80 Å². The molecule has 2 aromatic carbocycles. The van der Waals surface area contributed by atoms with E-state index >= 15 is 0 Å². The molecule has 2 amide bonds. The number of nitrogens with zero attached hydrogens (tertiary/aromatic N) is 1. The maximum Gasteiger partial charge on any atom is 0.407 e. The van der Waals surface area contributed by atoms with Gasteiger partial charge in [0.1, 0.15) is 17.2 Å². The number of alkyl carbamates (subject to hydrolysis) is 1. The van der Waals surface area contributed by atoms with Crippen molar-refractivity contribution in [2.24, 2.45) is 5.92 Å². The number of hydrogen-bond donors (Lipinski definition) is 3. The van der Waals surface area contributed by atoms with Crippen LogP contribution in [0, 0.1) is 12.8 Å². The molecule has 1 heterocycles. The van der Waals surface area contributed by atoms with Crippen LogP contribution in [0.1, 0.15) is 52.4 Å². The summed E-state index contributed by atoms with van der Waals surface area (Å²) in [5.41, 5.74) is 4.94. The van der Waals surface area contributed by atoms with Gasteiger partial charge in [-0.2, -0.15) is 4.37 Å². The van der Waals surface area contributed by atoms with Crippen LogP contribution in [-0.2, 0) is 9.53 Å². The maximum absolute atomic E-state index is 12.9. The first-order valence-electron chi connectivity index (χ1n) is 11.6. The number of nitrogens with one attached hydrogen (secondary N) is 2. The van der Waals surface area contributed by atoms with Crippen molar-refractivity contribution >= 4 is 34.5 Å². The number of anilines is 1. The lowest BCUT2D eigenvalue weighted by Gasteiger charge is -2.21. The Labute approximate surface area is 206 Å². The van der Waals surface area contributed by atoms with Gasteiger partial charge in [0.25, 0.3) is 0 Å². The number of carboxylic acid groups (broad SMARTS) is 1. The molecule has 1 saturated carbocycles. The normalized spacial score (nSPS) is 18.5. The molecule has 35 heavy (non-hydrogen) atoms. The molecule has 0 spiro atoms. The van der Waals surface area contributed by atoms with Crippen LogP contribution < -0.4 is 10.6 Å². The third-order valence-electron chi connectivity index (χ3n) is 6.81. The minimum atomic E-state index is -1.13. The first-order chi connectivity index (χ1) is 16.9. The maximum atomic E-state index is 12.9. The number of carboxylic acids is 1. The SMILES string of the molecule is Cc1nsc(NC(=O)[C@H]2CCC[C@H]2NC(=O)OCC2c3ccccc3-c3ccccc32)c1C(=O)O. The lowest BCUT2D eigenvalue weighted by molar-refractivity contribution is -0.120. The number of rotatable bonds is 6. The highest BCUT2D eigenvalue weighted by Crippen LogP contribution is 2.44. The molecule has 8 nitrogen and oxygen atoms in total. The molecule has 0 unspecified atom stereocenters. The molecule has 0 radical (unpaired) electrons. The highest BCUT2D eigenvalue weighted by Gasteiger charge is 2.36. The first-order valence-corrected chi connectivity index (χ1v) is 12.3. The molecule has 0 saturated heterocycles. The lowest BCUT2D eigenvalue weighted by atomic mass is 9.98. The number of ether oxygens (including phenoxy) is 1. The summed E-state index contributed by atoms with van der Waals surface area (Å²) in [5.74, 6) is -1.97. The van der Waals surface area contributed by atoms with Crippen LogP contribution >= 0.6 is 11.5 Å². The largest absolute Gasteiger partial charge is 0.478 e. The topological polar surface area (TPSA) is 118 Å². The van der Waals surface area contributed by atoms with Crippen molar-refractivity contribution in [1.82, 2.24) is 9.69 Å². The van der Waals surface area contributed by atoms with Gasteiger partial charge in [-0.15, -0.1) is 0 Å². The van der Waals surface area contributed by atoms with Crippen molar-refractivity contribution in [2.75, 3.05) is 11.9 Å². The Morgan fingerprint density at radius 1 is 1.06 bits per heavy atom. The van der Waals surface area contributed by atoms with Gasteiger partial charge in [0, 0.05) is 12.0 Å². The van der Waals surface area contributed by atoms with Gasteiger partial charge >= 0.3 is 12.1 Å². The second-order valence-electron chi connectivity index (χ2n) is 8.88. The van der Waals surface area contributed by atoms with E-state index in [9.17, 15) is 19.5 Å². The average molecular weight is 492 g/mol. The zero-order chi connectivity index (χ0) is 24.5. The fourth-order valence-corrected chi connectivity index (χ4v) is 5.94. The third kappa shape index (κ3) is 4.39. The molecule has 9 heteroatoms. The molecule has 180 valence electrons. The summed E-state index contributed by atoms with van der Waals surface area (Å²) in [5, 5.41) is 15.2. The summed E-state index contributed by atoms with van der Waals surface area (Å²) < 4.78 is 9.67. The Morgan fingerprint density at radius 3 is 2.37 bits per heavy atom. The number of amides is 2. The van der Waals surface area contributed by atoms with Gasteiger partial charge in [-0.05, 0) is 53.6 Å². The van der Waals surface area contributed by atoms with Crippen molar-refractivity contribution in [3.8, 4) is 11.1 Å². The Balaban J connectivity index is 1.22.